The largest absolute Gasteiger partial charge is 0.441 e. The molecule has 0 aliphatic carbocycles. The predicted molar refractivity (Wildman–Crippen MR) is 48.7 cm³/mol. The molecule has 5 nitrogen and oxygen atoms in total. The van der Waals surface area contributed by atoms with Gasteiger partial charge in [0.1, 0.15) is 6.42 Å². The summed E-state index contributed by atoms with van der Waals surface area (Å²) in [6, 6.07) is 1.64. The number of nitrogens with one attached hydrogen (secondary N) is 1. The maximum atomic E-state index is 11.0. The van der Waals surface area contributed by atoms with E-state index in [-0.39, 0.29) is 12.3 Å². The van der Waals surface area contributed by atoms with E-state index in [1.807, 2.05) is 0 Å². The smallest absolute Gasteiger partial charge is 0.322 e. The van der Waals surface area contributed by atoms with Crippen LogP contribution < -0.4 is 5.32 Å². The van der Waals surface area contributed by atoms with E-state index in [9.17, 15) is 9.59 Å². The average Bonchev–Trinajstić information content (AvgIpc) is 2.03. The minimum Gasteiger partial charge on any atom is -0.441 e. The minimum absolute atomic E-state index is 0.326. The Morgan fingerprint density at radius 2 is 2.21 bits per heavy atom. The molecule has 14 heavy (non-hydrogen) atoms. The first-order valence-corrected chi connectivity index (χ1v) is 4.00. The van der Waals surface area contributed by atoms with E-state index in [1.165, 1.54) is 6.92 Å². The Kier molecular flexibility index (Phi) is 5.00. The fourth-order valence-electron chi connectivity index (χ4n) is 0.641. The van der Waals surface area contributed by atoms with Gasteiger partial charge in [0, 0.05) is 5.57 Å². The Morgan fingerprint density at radius 1 is 1.64 bits per heavy atom. The molecular formula is C9H12N2O3. The van der Waals surface area contributed by atoms with Crippen LogP contribution in [0, 0.1) is 11.3 Å². The molecule has 5 heteroatoms. The van der Waals surface area contributed by atoms with E-state index in [0.29, 0.717) is 5.57 Å². The molecule has 1 atom stereocenters. The van der Waals surface area contributed by atoms with Crippen molar-refractivity contribution in [3.63, 3.8) is 0 Å². The van der Waals surface area contributed by atoms with Gasteiger partial charge in [-0.1, -0.05) is 6.58 Å². The molecule has 0 aliphatic rings. The van der Waals surface area contributed by atoms with Crippen molar-refractivity contribution in [2.24, 2.45) is 0 Å². The van der Waals surface area contributed by atoms with Gasteiger partial charge in [0.25, 0.3) is 0 Å². The molecule has 0 aromatic carbocycles. The highest BCUT2D eigenvalue weighted by Crippen LogP contribution is 1.93. The second-order valence-corrected chi connectivity index (χ2v) is 2.72. The normalized spacial score (nSPS) is 10.9. The quantitative estimate of drug-likeness (QED) is 0.403. The van der Waals surface area contributed by atoms with Gasteiger partial charge in [0.2, 0.25) is 5.91 Å². The standard InChI is InChI=1S/C9H12N2O3/c1-6(2)9(13)11-7(3)14-8(12)4-5-10/h7H,1,4H2,2-3H3,(H,11,13). The Hall–Kier alpha value is -1.83. The molecule has 1 unspecified atom stereocenters. The number of carbonyl (C=O) groups is 2. The molecule has 0 fully saturated rings. The first-order chi connectivity index (χ1) is 6.47. The number of carbonyl (C=O) groups excluding carboxylic acids is 2. The lowest BCUT2D eigenvalue weighted by molar-refractivity contribution is -0.149. The third-order valence-corrected chi connectivity index (χ3v) is 1.25. The molecule has 0 heterocycles. The summed E-state index contributed by atoms with van der Waals surface area (Å²) in [4.78, 5) is 21.8. The Morgan fingerprint density at radius 3 is 2.64 bits per heavy atom. The van der Waals surface area contributed by atoms with E-state index >= 15 is 0 Å². The first kappa shape index (κ1) is 12.2. The molecule has 0 aromatic heterocycles. The number of nitrogens with zero attached hydrogens (tertiary/aromatic N) is 1. The molecule has 76 valence electrons. The lowest BCUT2D eigenvalue weighted by Gasteiger charge is -2.13. The average molecular weight is 196 g/mol. The van der Waals surface area contributed by atoms with Crippen molar-refractivity contribution in [2.45, 2.75) is 26.5 Å². The molecule has 1 N–H and O–H groups in total. The van der Waals surface area contributed by atoms with Crippen molar-refractivity contribution in [1.29, 1.82) is 5.26 Å². The summed E-state index contributed by atoms with van der Waals surface area (Å²) in [5, 5.41) is 10.5. The van der Waals surface area contributed by atoms with E-state index in [0.717, 1.165) is 0 Å². The van der Waals surface area contributed by atoms with Crippen molar-refractivity contribution in [2.75, 3.05) is 0 Å². The van der Waals surface area contributed by atoms with Crippen LogP contribution in [-0.2, 0) is 14.3 Å². The molecule has 0 aromatic rings. The number of ether oxygens (including phenoxy) is 1. The van der Waals surface area contributed by atoms with Gasteiger partial charge >= 0.3 is 5.97 Å². The van der Waals surface area contributed by atoms with E-state index in [1.54, 1.807) is 13.0 Å². The van der Waals surface area contributed by atoms with Crippen LogP contribution in [0.2, 0.25) is 0 Å². The second kappa shape index (κ2) is 5.75. The summed E-state index contributed by atoms with van der Waals surface area (Å²) in [5.41, 5.74) is 0.327. The van der Waals surface area contributed by atoms with Crippen LogP contribution in [0.1, 0.15) is 20.3 Å². The molecule has 0 aliphatic heterocycles. The maximum absolute atomic E-state index is 11.0. The van der Waals surface area contributed by atoms with Crippen LogP contribution in [0.4, 0.5) is 0 Å². The monoisotopic (exact) mass is 196 g/mol. The van der Waals surface area contributed by atoms with Gasteiger partial charge in [-0.05, 0) is 13.8 Å². The maximum Gasteiger partial charge on any atom is 0.322 e. The summed E-state index contributed by atoms with van der Waals surface area (Å²) in [6.45, 7) is 6.46. The topological polar surface area (TPSA) is 79.2 Å². The van der Waals surface area contributed by atoms with Crippen molar-refractivity contribution in [3.8, 4) is 6.07 Å². The third-order valence-electron chi connectivity index (χ3n) is 1.25. The summed E-state index contributed by atoms with van der Waals surface area (Å²) in [7, 11) is 0. The summed E-state index contributed by atoms with van der Waals surface area (Å²) >= 11 is 0. The van der Waals surface area contributed by atoms with Crippen molar-refractivity contribution in [3.05, 3.63) is 12.2 Å². The zero-order valence-corrected chi connectivity index (χ0v) is 8.16. The molecular weight excluding hydrogens is 184 g/mol. The van der Waals surface area contributed by atoms with Crippen LogP contribution in [0.3, 0.4) is 0 Å². The minimum atomic E-state index is -0.750. The van der Waals surface area contributed by atoms with Gasteiger partial charge in [0.15, 0.2) is 6.23 Å². The van der Waals surface area contributed by atoms with Crippen molar-refractivity contribution < 1.29 is 14.3 Å². The van der Waals surface area contributed by atoms with Crippen LogP contribution in [0.15, 0.2) is 12.2 Å². The fourth-order valence-corrected chi connectivity index (χ4v) is 0.641. The van der Waals surface area contributed by atoms with E-state index in [2.05, 4.69) is 16.6 Å². The van der Waals surface area contributed by atoms with Gasteiger partial charge in [-0.2, -0.15) is 5.26 Å². The van der Waals surface area contributed by atoms with Gasteiger partial charge < -0.3 is 10.1 Å². The number of hydrogen-bond donors (Lipinski definition) is 1. The Labute approximate surface area is 82.3 Å². The van der Waals surface area contributed by atoms with Crippen LogP contribution in [0.25, 0.3) is 0 Å². The number of rotatable bonds is 4. The Balaban J connectivity index is 3.93. The number of hydrogen-bond acceptors (Lipinski definition) is 4. The fraction of sp³-hybridized carbons (Fsp3) is 0.444. The molecule has 1 amide bonds. The van der Waals surface area contributed by atoms with Crippen molar-refractivity contribution in [1.82, 2.24) is 5.32 Å². The highest BCUT2D eigenvalue weighted by atomic mass is 16.6. The van der Waals surface area contributed by atoms with Gasteiger partial charge in [-0.15, -0.1) is 0 Å². The van der Waals surface area contributed by atoms with Crippen LogP contribution >= 0.6 is 0 Å². The summed E-state index contributed by atoms with van der Waals surface area (Å²) in [5.74, 6) is -1.05. The molecule has 0 radical (unpaired) electrons. The number of amides is 1. The lowest BCUT2D eigenvalue weighted by atomic mass is 10.3. The zero-order chi connectivity index (χ0) is 11.1. The van der Waals surface area contributed by atoms with E-state index < -0.39 is 12.2 Å². The van der Waals surface area contributed by atoms with Crippen molar-refractivity contribution >= 4 is 11.9 Å². The zero-order valence-electron chi connectivity index (χ0n) is 8.16. The number of nitriles is 1. The molecule has 0 saturated carbocycles. The first-order valence-electron chi connectivity index (χ1n) is 4.00. The number of esters is 1. The second-order valence-electron chi connectivity index (χ2n) is 2.72. The highest BCUT2D eigenvalue weighted by Gasteiger charge is 2.11. The highest BCUT2D eigenvalue weighted by molar-refractivity contribution is 5.92. The molecule has 0 spiro atoms. The lowest BCUT2D eigenvalue weighted by Crippen LogP contribution is -2.36. The molecule has 0 rings (SSSR count). The van der Waals surface area contributed by atoms with Crippen LogP contribution in [0.5, 0.6) is 0 Å². The van der Waals surface area contributed by atoms with Gasteiger partial charge in [-0.25, -0.2) is 0 Å². The van der Waals surface area contributed by atoms with E-state index in [4.69, 9.17) is 5.26 Å². The molecule has 0 saturated heterocycles. The Bertz CT molecular complexity index is 291. The summed E-state index contributed by atoms with van der Waals surface area (Å²) in [6.07, 6.45) is -1.08. The molecule has 0 bridgehead atoms. The summed E-state index contributed by atoms with van der Waals surface area (Å²) < 4.78 is 4.68. The van der Waals surface area contributed by atoms with Gasteiger partial charge in [0.05, 0.1) is 6.07 Å². The predicted octanol–water partition coefficient (Wildman–Crippen LogP) is 0.482. The SMILES string of the molecule is C=C(C)C(=O)NC(C)OC(=O)CC#N. The van der Waals surface area contributed by atoms with Gasteiger partial charge in [-0.3, -0.25) is 9.59 Å². The van der Waals surface area contributed by atoms with Crippen LogP contribution in [-0.4, -0.2) is 18.1 Å². The third kappa shape index (κ3) is 4.93.